The summed E-state index contributed by atoms with van der Waals surface area (Å²) in [5.41, 5.74) is 2.15. The predicted octanol–water partition coefficient (Wildman–Crippen LogP) is 2.79. The molecule has 4 nitrogen and oxygen atoms in total. The van der Waals surface area contributed by atoms with E-state index in [2.05, 4.69) is 22.9 Å². The number of ether oxygens (including phenoxy) is 1. The molecule has 0 fully saturated rings. The summed E-state index contributed by atoms with van der Waals surface area (Å²) in [6.07, 6.45) is 5.50. The van der Waals surface area contributed by atoms with E-state index in [0.29, 0.717) is 6.54 Å². The molecule has 94 valence electrons. The lowest BCUT2D eigenvalue weighted by molar-refractivity contribution is 0.411. The van der Waals surface area contributed by atoms with Crippen molar-refractivity contribution in [1.82, 2.24) is 9.55 Å². The molecule has 2 rings (SSSR count). The van der Waals surface area contributed by atoms with Gasteiger partial charge < -0.3 is 10.1 Å². The van der Waals surface area contributed by atoms with E-state index < -0.39 is 0 Å². The van der Waals surface area contributed by atoms with Gasteiger partial charge in [-0.1, -0.05) is 6.08 Å². The first kappa shape index (κ1) is 12.2. The Morgan fingerprint density at radius 1 is 1.50 bits per heavy atom. The van der Waals surface area contributed by atoms with Gasteiger partial charge in [-0.15, -0.1) is 6.58 Å². The van der Waals surface area contributed by atoms with Gasteiger partial charge in [0.25, 0.3) is 0 Å². The zero-order valence-corrected chi connectivity index (χ0v) is 10.7. The summed E-state index contributed by atoms with van der Waals surface area (Å²) in [5, 5.41) is 3.19. The Labute approximate surface area is 107 Å². The van der Waals surface area contributed by atoms with Gasteiger partial charge >= 0.3 is 0 Å². The second-order valence-electron chi connectivity index (χ2n) is 3.94. The highest BCUT2D eigenvalue weighted by atomic mass is 16.5. The number of methoxy groups -OCH3 is 1. The van der Waals surface area contributed by atoms with Crippen molar-refractivity contribution in [3.63, 3.8) is 0 Å². The van der Waals surface area contributed by atoms with Gasteiger partial charge in [0.1, 0.15) is 5.75 Å². The minimum atomic E-state index is 0.687. The van der Waals surface area contributed by atoms with Crippen LogP contribution in [0.15, 0.2) is 43.2 Å². The first-order valence-electron chi connectivity index (χ1n) is 5.79. The molecule has 18 heavy (non-hydrogen) atoms. The molecule has 4 heteroatoms. The third-order valence-corrected chi connectivity index (χ3v) is 2.70. The van der Waals surface area contributed by atoms with E-state index in [9.17, 15) is 0 Å². The van der Waals surface area contributed by atoms with E-state index in [0.717, 1.165) is 22.9 Å². The Kier molecular flexibility index (Phi) is 3.67. The van der Waals surface area contributed by atoms with Gasteiger partial charge in [-0.3, -0.25) is 4.57 Å². The molecule has 0 saturated carbocycles. The highest BCUT2D eigenvalue weighted by Gasteiger charge is 2.06. The molecule has 1 heterocycles. The van der Waals surface area contributed by atoms with Crippen molar-refractivity contribution in [2.75, 3.05) is 19.0 Å². The third kappa shape index (κ3) is 2.37. The normalized spacial score (nSPS) is 10.1. The molecule has 0 bridgehead atoms. The van der Waals surface area contributed by atoms with Crippen LogP contribution in [-0.2, 0) is 0 Å². The van der Waals surface area contributed by atoms with Crippen molar-refractivity contribution < 1.29 is 4.74 Å². The molecule has 0 aliphatic carbocycles. The molecular weight excluding hydrogens is 226 g/mol. The molecule has 0 amide bonds. The zero-order chi connectivity index (χ0) is 13.0. The van der Waals surface area contributed by atoms with Crippen LogP contribution in [0.1, 0.15) is 5.56 Å². The van der Waals surface area contributed by atoms with E-state index >= 15 is 0 Å². The summed E-state index contributed by atoms with van der Waals surface area (Å²) in [6, 6.07) is 6.04. The molecule has 0 radical (unpaired) electrons. The van der Waals surface area contributed by atoms with Gasteiger partial charge in [-0.2, -0.15) is 0 Å². The fourth-order valence-corrected chi connectivity index (χ4v) is 1.82. The highest BCUT2D eigenvalue weighted by Crippen LogP contribution is 2.22. The number of nitrogens with one attached hydrogen (secondary N) is 1. The van der Waals surface area contributed by atoms with Crippen molar-refractivity contribution in [3.8, 4) is 11.4 Å². The molecule has 0 spiro atoms. The SMILES string of the molecule is C=CCNc1nccn1-c1ccc(OC)c(C)c1. The molecule has 1 aromatic carbocycles. The van der Waals surface area contributed by atoms with Crippen LogP contribution in [-0.4, -0.2) is 23.2 Å². The maximum atomic E-state index is 5.26. The van der Waals surface area contributed by atoms with Crippen LogP contribution in [0.5, 0.6) is 5.75 Å². The number of aryl methyl sites for hydroxylation is 1. The maximum absolute atomic E-state index is 5.26. The summed E-state index contributed by atoms with van der Waals surface area (Å²) in [5.74, 6) is 1.69. The Bertz CT molecular complexity index is 546. The quantitative estimate of drug-likeness (QED) is 0.821. The fraction of sp³-hybridized carbons (Fsp3) is 0.214. The van der Waals surface area contributed by atoms with E-state index in [1.54, 1.807) is 19.4 Å². The van der Waals surface area contributed by atoms with Crippen molar-refractivity contribution in [2.45, 2.75) is 6.92 Å². The Hall–Kier alpha value is -2.23. The van der Waals surface area contributed by atoms with Crippen LogP contribution in [0.4, 0.5) is 5.95 Å². The number of nitrogens with zero attached hydrogens (tertiary/aromatic N) is 2. The van der Waals surface area contributed by atoms with Crippen molar-refractivity contribution >= 4 is 5.95 Å². The van der Waals surface area contributed by atoms with Crippen molar-refractivity contribution in [2.24, 2.45) is 0 Å². The van der Waals surface area contributed by atoms with Crippen LogP contribution >= 0.6 is 0 Å². The van der Waals surface area contributed by atoms with E-state index in [4.69, 9.17) is 4.74 Å². The lowest BCUT2D eigenvalue weighted by atomic mass is 10.2. The third-order valence-electron chi connectivity index (χ3n) is 2.70. The number of hydrogen-bond donors (Lipinski definition) is 1. The molecule has 0 unspecified atom stereocenters. The van der Waals surface area contributed by atoms with Crippen LogP contribution in [0, 0.1) is 6.92 Å². The van der Waals surface area contributed by atoms with Gasteiger partial charge in [-0.05, 0) is 30.7 Å². The molecule has 2 aromatic rings. The molecule has 1 N–H and O–H groups in total. The second-order valence-corrected chi connectivity index (χ2v) is 3.94. The first-order valence-corrected chi connectivity index (χ1v) is 5.79. The topological polar surface area (TPSA) is 39.1 Å². The average molecular weight is 243 g/mol. The minimum Gasteiger partial charge on any atom is -0.496 e. The van der Waals surface area contributed by atoms with Crippen LogP contribution in [0.2, 0.25) is 0 Å². The molecule has 1 aromatic heterocycles. The summed E-state index contributed by atoms with van der Waals surface area (Å²) < 4.78 is 7.25. The lowest BCUT2D eigenvalue weighted by Crippen LogP contribution is -2.05. The monoisotopic (exact) mass is 243 g/mol. The number of imidazole rings is 1. The predicted molar refractivity (Wildman–Crippen MR) is 73.5 cm³/mol. The van der Waals surface area contributed by atoms with Crippen LogP contribution in [0.25, 0.3) is 5.69 Å². The van der Waals surface area contributed by atoms with E-state index in [1.807, 2.05) is 29.8 Å². The smallest absolute Gasteiger partial charge is 0.207 e. The van der Waals surface area contributed by atoms with Gasteiger partial charge in [0.2, 0.25) is 5.95 Å². The minimum absolute atomic E-state index is 0.687. The molecule has 0 aliphatic rings. The Morgan fingerprint density at radius 3 is 3.00 bits per heavy atom. The molecular formula is C14H17N3O. The number of hydrogen-bond acceptors (Lipinski definition) is 3. The van der Waals surface area contributed by atoms with Gasteiger partial charge in [0.05, 0.1) is 7.11 Å². The van der Waals surface area contributed by atoms with Crippen LogP contribution in [0.3, 0.4) is 0 Å². The first-order chi connectivity index (χ1) is 8.76. The zero-order valence-electron chi connectivity index (χ0n) is 10.7. The van der Waals surface area contributed by atoms with Gasteiger partial charge in [0, 0.05) is 24.6 Å². The highest BCUT2D eigenvalue weighted by molar-refractivity contribution is 5.48. The lowest BCUT2D eigenvalue weighted by Gasteiger charge is -2.11. The number of anilines is 1. The Balaban J connectivity index is 2.33. The molecule has 0 atom stereocenters. The standard InChI is InChI=1S/C14H17N3O/c1-4-7-15-14-16-8-9-17(14)12-5-6-13(18-3)11(2)10-12/h4-6,8-10H,1,7H2,2-3H3,(H,15,16). The average Bonchev–Trinajstić information content (AvgIpc) is 2.84. The summed E-state index contributed by atoms with van der Waals surface area (Å²) >= 11 is 0. The fourth-order valence-electron chi connectivity index (χ4n) is 1.82. The van der Waals surface area contributed by atoms with Crippen molar-refractivity contribution in [3.05, 3.63) is 48.8 Å². The second kappa shape index (κ2) is 5.40. The summed E-state index contributed by atoms with van der Waals surface area (Å²) in [4.78, 5) is 4.28. The van der Waals surface area contributed by atoms with E-state index in [1.165, 1.54) is 0 Å². The maximum Gasteiger partial charge on any atom is 0.207 e. The largest absolute Gasteiger partial charge is 0.496 e. The number of benzene rings is 1. The van der Waals surface area contributed by atoms with Gasteiger partial charge in [0.15, 0.2) is 0 Å². The number of aromatic nitrogens is 2. The van der Waals surface area contributed by atoms with E-state index in [-0.39, 0.29) is 0 Å². The number of rotatable bonds is 5. The molecule has 0 saturated heterocycles. The molecule has 0 aliphatic heterocycles. The summed E-state index contributed by atoms with van der Waals surface area (Å²) in [7, 11) is 1.68. The van der Waals surface area contributed by atoms with Gasteiger partial charge in [-0.25, -0.2) is 4.98 Å². The van der Waals surface area contributed by atoms with Crippen molar-refractivity contribution in [1.29, 1.82) is 0 Å². The van der Waals surface area contributed by atoms with Crippen LogP contribution < -0.4 is 10.1 Å². The Morgan fingerprint density at radius 2 is 2.33 bits per heavy atom. The summed E-state index contributed by atoms with van der Waals surface area (Å²) in [6.45, 7) is 6.39.